The number of fused-ring (bicyclic) bond motifs is 1. The minimum Gasteiger partial charge on any atom is -0.314 e. The maximum absolute atomic E-state index is 13.2. The van der Waals surface area contributed by atoms with E-state index in [0.29, 0.717) is 11.1 Å². The Bertz CT molecular complexity index is 1570. The first-order valence-corrected chi connectivity index (χ1v) is 12.9. The highest BCUT2D eigenvalue weighted by Gasteiger charge is 2.38. The van der Waals surface area contributed by atoms with Gasteiger partial charge in [0.1, 0.15) is 11.7 Å². The number of rotatable bonds is 5. The van der Waals surface area contributed by atoms with Crippen LogP contribution in [0.4, 0.5) is 0 Å². The largest absolute Gasteiger partial charge is 0.314 e. The van der Waals surface area contributed by atoms with Crippen LogP contribution >= 0.6 is 0 Å². The van der Waals surface area contributed by atoms with Crippen LogP contribution < -0.4 is 10.5 Å². The summed E-state index contributed by atoms with van der Waals surface area (Å²) in [5.74, 6) is -0.0842. The fourth-order valence-electron chi connectivity index (χ4n) is 3.70. The molecule has 0 atom stereocenters. The fraction of sp³-hybridized carbons (Fsp3) is 0.150. The summed E-state index contributed by atoms with van der Waals surface area (Å²) in [5.41, 5.74) is 1.73. The second kappa shape index (κ2) is 8.98. The monoisotopic (exact) mass is 501 g/mol. The molecule has 3 heterocycles. The van der Waals surface area contributed by atoms with Crippen molar-refractivity contribution in [2.45, 2.75) is 15.0 Å². The predicted octanol–water partition coefficient (Wildman–Crippen LogP) is 0.290. The Kier molecular flexibility index (Phi) is 6.22. The van der Waals surface area contributed by atoms with Gasteiger partial charge in [-0.2, -0.15) is 5.21 Å². The van der Waals surface area contributed by atoms with Crippen LogP contribution in [0.3, 0.4) is 0 Å². The van der Waals surface area contributed by atoms with Crippen LogP contribution in [0, 0.1) is 0 Å². The topological polar surface area (TPSA) is 191 Å². The second-order valence-corrected chi connectivity index (χ2v) is 11.0. The van der Waals surface area contributed by atoms with Crippen molar-refractivity contribution in [1.29, 1.82) is 0 Å². The molecule has 0 radical (unpaired) electrons. The number of aromatic nitrogens is 5. The van der Waals surface area contributed by atoms with E-state index in [-0.39, 0.29) is 29.4 Å². The van der Waals surface area contributed by atoms with Gasteiger partial charge < -0.3 is 10.1 Å². The molecule has 34 heavy (non-hydrogen) atoms. The third kappa shape index (κ3) is 4.07. The molecule has 1 aliphatic heterocycles. The van der Waals surface area contributed by atoms with E-state index in [1.54, 1.807) is 24.4 Å². The quantitative estimate of drug-likeness (QED) is 0.342. The van der Waals surface area contributed by atoms with Crippen molar-refractivity contribution in [3.8, 4) is 22.5 Å². The fourth-order valence-corrected chi connectivity index (χ4v) is 6.89. The van der Waals surface area contributed by atoms with Crippen molar-refractivity contribution in [3.63, 3.8) is 0 Å². The molecular formula is C20H19N7O5S2. The summed E-state index contributed by atoms with van der Waals surface area (Å²) in [5, 5.41) is 22.2. The lowest BCUT2D eigenvalue weighted by Crippen LogP contribution is -2.51. The molecule has 2 aromatic carbocycles. The van der Waals surface area contributed by atoms with E-state index >= 15 is 0 Å². The number of H-pyrrole nitrogens is 1. The number of carbonyl (C=O) groups is 1. The lowest BCUT2D eigenvalue weighted by molar-refractivity contribution is -0.0980. The third-order valence-electron chi connectivity index (χ3n) is 5.38. The minimum absolute atomic E-state index is 0.0298. The third-order valence-corrected chi connectivity index (χ3v) is 8.66. The zero-order chi connectivity index (χ0) is 24.5. The van der Waals surface area contributed by atoms with Crippen molar-refractivity contribution in [3.05, 3.63) is 48.7 Å². The highest BCUT2D eigenvalue weighted by molar-refractivity contribution is 7.94. The van der Waals surface area contributed by atoms with E-state index < -0.39 is 30.0 Å². The van der Waals surface area contributed by atoms with Crippen LogP contribution in [-0.4, -0.2) is 67.6 Å². The summed E-state index contributed by atoms with van der Waals surface area (Å²) >= 11 is 0. The number of tetrazole rings is 1. The molecule has 1 fully saturated rings. The highest BCUT2D eigenvalue weighted by atomic mass is 32.2. The number of primary sulfonamides is 1. The first kappa shape index (κ1) is 23.6. The van der Waals surface area contributed by atoms with Crippen LogP contribution in [-0.2, 0) is 24.7 Å². The molecule has 0 aliphatic carbocycles. The van der Waals surface area contributed by atoms with E-state index in [0.717, 1.165) is 10.9 Å². The predicted molar refractivity (Wildman–Crippen MR) is 123 cm³/mol. The van der Waals surface area contributed by atoms with Gasteiger partial charge in [-0.15, -0.1) is 10.2 Å². The molecule has 1 aliphatic rings. The number of nitrogens with one attached hydrogen (secondary N) is 2. The number of hydrogen-bond acceptors (Lipinski definition) is 10. The molecule has 5 rings (SSSR count). The summed E-state index contributed by atoms with van der Waals surface area (Å²) < 4.78 is 51.9. The number of hydrogen-bond donors (Lipinski definition) is 3. The van der Waals surface area contributed by atoms with Crippen molar-refractivity contribution >= 4 is 37.6 Å². The summed E-state index contributed by atoms with van der Waals surface area (Å²) in [6.07, 6.45) is 1.67. The average Bonchev–Trinajstić information content (AvgIpc) is 3.32. The molecule has 0 saturated carbocycles. The van der Waals surface area contributed by atoms with Gasteiger partial charge in [0.2, 0.25) is 15.8 Å². The Morgan fingerprint density at radius 1 is 1.03 bits per heavy atom. The molecule has 14 heteroatoms. The van der Waals surface area contributed by atoms with E-state index in [2.05, 4.69) is 30.9 Å². The molecule has 4 aromatic rings. The zero-order valence-electron chi connectivity index (χ0n) is 17.5. The number of benzene rings is 2. The first-order valence-electron chi connectivity index (χ1n) is 9.79. The lowest BCUT2D eigenvalue weighted by atomic mass is 9.97. The molecule has 176 valence electrons. The molecular weight excluding hydrogens is 482 g/mol. The number of sulfonamides is 1. The Labute approximate surface area is 194 Å². The van der Waals surface area contributed by atoms with Crippen molar-refractivity contribution in [2.24, 2.45) is 5.14 Å². The summed E-state index contributed by atoms with van der Waals surface area (Å²) in [6.45, 7) is 2.45. The Hall–Kier alpha value is -3.59. The normalized spacial score (nSPS) is 14.3. The molecule has 1 saturated heterocycles. The number of nitrogens with two attached hydrogens (primary N) is 1. The van der Waals surface area contributed by atoms with Crippen molar-refractivity contribution < 1.29 is 21.6 Å². The minimum atomic E-state index is -4.50. The van der Waals surface area contributed by atoms with Gasteiger partial charge in [-0.25, -0.2) is 22.0 Å². The van der Waals surface area contributed by atoms with Crippen molar-refractivity contribution in [1.82, 2.24) is 30.9 Å². The molecule has 12 nitrogen and oxygen atoms in total. The molecule has 0 amide bonds. The number of pyridine rings is 1. The maximum Gasteiger partial charge on any atom is 0.240 e. The van der Waals surface area contributed by atoms with Gasteiger partial charge in [-0.1, -0.05) is 18.2 Å². The molecule has 0 spiro atoms. The first-order chi connectivity index (χ1) is 16.3. The van der Waals surface area contributed by atoms with Gasteiger partial charge in [0, 0.05) is 24.7 Å². The van der Waals surface area contributed by atoms with Crippen LogP contribution in [0.25, 0.3) is 33.4 Å². The smallest absolute Gasteiger partial charge is 0.240 e. The van der Waals surface area contributed by atoms with Crippen LogP contribution in [0.1, 0.15) is 0 Å². The number of aromatic amines is 1. The van der Waals surface area contributed by atoms with Gasteiger partial charge in [-0.3, -0.25) is 4.98 Å². The van der Waals surface area contributed by atoms with E-state index in [9.17, 15) is 16.8 Å². The molecule has 0 unspecified atom stereocenters. The second-order valence-electron chi connectivity index (χ2n) is 7.33. The van der Waals surface area contributed by atoms with Gasteiger partial charge in [-0.05, 0) is 40.6 Å². The summed E-state index contributed by atoms with van der Waals surface area (Å²) in [7, 11) is -8.48. The van der Waals surface area contributed by atoms with Gasteiger partial charge in [0.05, 0.1) is 21.2 Å². The molecule has 4 N–H and O–H groups in total. The van der Waals surface area contributed by atoms with Crippen LogP contribution in [0.15, 0.2) is 58.5 Å². The van der Waals surface area contributed by atoms with Crippen LogP contribution in [0.2, 0.25) is 0 Å². The lowest BCUT2D eigenvalue weighted by Gasteiger charge is -2.28. The van der Waals surface area contributed by atoms with Gasteiger partial charge >= 0.3 is 0 Å². The highest BCUT2D eigenvalue weighted by Crippen LogP contribution is 2.40. The number of nitrogens with zero attached hydrogens (tertiary/aromatic N) is 4. The molecule has 2 aromatic heterocycles. The summed E-state index contributed by atoms with van der Waals surface area (Å²) in [6, 6.07) is 11.8. The Morgan fingerprint density at radius 3 is 2.41 bits per heavy atom. The van der Waals surface area contributed by atoms with E-state index in [1.807, 2.05) is 18.9 Å². The van der Waals surface area contributed by atoms with Crippen molar-refractivity contribution in [2.75, 3.05) is 13.1 Å². The standard InChI is InChI=1S/C19H17N7O4S2.CH2O/c20-32(29,30)18-16(31(27,28)13-9-21-10-13)6-4-14(17(18)19-23-25-26-24-19)11-3-5-15-12(8-11)2-1-7-22-15;1-2/h1-8,13,21H,9-10H2,(H2,20,29,30)(H,23,24,25,26);1H2. The SMILES string of the molecule is C=O.NS(=O)(=O)c1c(S(=O)(=O)C2CNC2)ccc(-c2ccc3ncccc3c2)c1-c1nn[nH]n1. The van der Waals surface area contributed by atoms with Gasteiger partial charge in [0.15, 0.2) is 9.84 Å². The maximum atomic E-state index is 13.2. The van der Waals surface area contributed by atoms with Gasteiger partial charge in [0.25, 0.3) is 0 Å². The molecule has 0 bridgehead atoms. The van der Waals surface area contributed by atoms with Crippen LogP contribution in [0.5, 0.6) is 0 Å². The Balaban J connectivity index is 0.00000133. The van der Waals surface area contributed by atoms with E-state index in [4.69, 9.17) is 9.93 Å². The summed E-state index contributed by atoms with van der Waals surface area (Å²) in [4.78, 5) is 11.4. The number of sulfone groups is 1. The zero-order valence-corrected chi connectivity index (χ0v) is 19.2. The van der Waals surface area contributed by atoms with E-state index in [1.165, 1.54) is 12.1 Å². The Morgan fingerprint density at radius 2 is 1.79 bits per heavy atom. The number of carbonyl (C=O) groups excluding carboxylic acids is 1. The average molecular weight is 502 g/mol.